The third kappa shape index (κ3) is 2.05. The van der Waals surface area contributed by atoms with E-state index in [0.717, 1.165) is 0 Å². The second-order valence-electron chi connectivity index (χ2n) is 2.91. The Labute approximate surface area is 89.6 Å². The van der Waals surface area contributed by atoms with Crippen molar-refractivity contribution in [1.82, 2.24) is 9.97 Å². The molecule has 15 heavy (non-hydrogen) atoms. The van der Waals surface area contributed by atoms with E-state index in [1.165, 1.54) is 30.5 Å². The highest BCUT2D eigenvalue weighted by molar-refractivity contribution is 6.33. The Morgan fingerprint density at radius 1 is 1.33 bits per heavy atom. The molecule has 0 unspecified atom stereocenters. The molecule has 0 bridgehead atoms. The number of H-pyrrole nitrogens is 1. The number of hydrogen-bond donors (Lipinski definition) is 1. The van der Waals surface area contributed by atoms with Crippen molar-refractivity contribution in [2.24, 2.45) is 0 Å². The molecule has 76 valence electrons. The van der Waals surface area contributed by atoms with Crippen LogP contribution < -0.4 is 5.56 Å². The molecule has 0 radical (unpaired) electrons. The smallest absolute Gasteiger partial charge is 0.251 e. The molecule has 0 aliphatic rings. The van der Waals surface area contributed by atoms with Crippen molar-refractivity contribution in [2.75, 3.05) is 0 Å². The number of benzene rings is 1. The van der Waals surface area contributed by atoms with Gasteiger partial charge in [0.05, 0.1) is 5.02 Å². The summed E-state index contributed by atoms with van der Waals surface area (Å²) in [6.07, 6.45) is 1.37. The van der Waals surface area contributed by atoms with Crippen LogP contribution in [0.4, 0.5) is 4.39 Å². The van der Waals surface area contributed by atoms with Gasteiger partial charge < -0.3 is 4.98 Å². The van der Waals surface area contributed by atoms with Gasteiger partial charge in [0, 0.05) is 17.8 Å². The predicted octanol–water partition coefficient (Wildman–Crippen LogP) is 2.23. The molecule has 1 aromatic heterocycles. The summed E-state index contributed by atoms with van der Waals surface area (Å²) in [5.41, 5.74) is 0.219. The van der Waals surface area contributed by atoms with E-state index in [9.17, 15) is 9.18 Å². The Morgan fingerprint density at radius 3 is 2.80 bits per heavy atom. The van der Waals surface area contributed by atoms with Crippen molar-refractivity contribution < 1.29 is 4.39 Å². The van der Waals surface area contributed by atoms with Crippen LogP contribution in [0.2, 0.25) is 5.02 Å². The highest BCUT2D eigenvalue weighted by Crippen LogP contribution is 2.24. The zero-order valence-electron chi connectivity index (χ0n) is 7.50. The Balaban J connectivity index is 2.59. The van der Waals surface area contributed by atoms with Crippen LogP contribution in [-0.2, 0) is 0 Å². The first kappa shape index (κ1) is 9.86. The van der Waals surface area contributed by atoms with Gasteiger partial charge in [-0.2, -0.15) is 0 Å². The van der Waals surface area contributed by atoms with E-state index >= 15 is 0 Å². The second kappa shape index (κ2) is 3.82. The van der Waals surface area contributed by atoms with Gasteiger partial charge in [0.2, 0.25) is 0 Å². The summed E-state index contributed by atoms with van der Waals surface area (Å²) in [7, 11) is 0. The maximum atomic E-state index is 12.8. The first-order valence-corrected chi connectivity index (χ1v) is 4.55. The van der Waals surface area contributed by atoms with E-state index in [-0.39, 0.29) is 10.6 Å². The van der Waals surface area contributed by atoms with Gasteiger partial charge >= 0.3 is 0 Å². The average molecular weight is 225 g/mol. The van der Waals surface area contributed by atoms with Crippen LogP contribution in [0.5, 0.6) is 0 Å². The van der Waals surface area contributed by atoms with E-state index in [2.05, 4.69) is 9.97 Å². The maximum absolute atomic E-state index is 12.8. The lowest BCUT2D eigenvalue weighted by atomic mass is 10.2. The highest BCUT2D eigenvalue weighted by Gasteiger charge is 2.06. The number of nitrogens with one attached hydrogen (secondary N) is 1. The number of halogens is 2. The molecule has 1 aromatic carbocycles. The number of aromatic nitrogens is 2. The predicted molar refractivity (Wildman–Crippen MR) is 55.3 cm³/mol. The monoisotopic (exact) mass is 224 g/mol. The minimum atomic E-state index is -0.429. The molecule has 0 atom stereocenters. The maximum Gasteiger partial charge on any atom is 0.251 e. The third-order valence-electron chi connectivity index (χ3n) is 1.86. The van der Waals surface area contributed by atoms with Gasteiger partial charge in [0.1, 0.15) is 11.6 Å². The molecule has 0 fully saturated rings. The fourth-order valence-corrected chi connectivity index (χ4v) is 1.45. The second-order valence-corrected chi connectivity index (χ2v) is 3.31. The summed E-state index contributed by atoms with van der Waals surface area (Å²) in [4.78, 5) is 17.5. The highest BCUT2D eigenvalue weighted by atomic mass is 35.5. The van der Waals surface area contributed by atoms with Crippen molar-refractivity contribution in [3.05, 3.63) is 51.7 Å². The topological polar surface area (TPSA) is 45.8 Å². The fourth-order valence-electron chi connectivity index (χ4n) is 1.19. The molecule has 0 saturated carbocycles. The number of nitrogens with zero attached hydrogens (tertiary/aromatic N) is 1. The molecule has 0 spiro atoms. The van der Waals surface area contributed by atoms with Crippen molar-refractivity contribution in [1.29, 1.82) is 0 Å². The standard InChI is InChI=1S/C10H6ClFN2O/c11-8-5-6(12)1-2-7(8)10-13-4-3-9(15)14-10/h1-5H,(H,13,14,15). The van der Waals surface area contributed by atoms with Gasteiger partial charge in [-0.25, -0.2) is 9.37 Å². The van der Waals surface area contributed by atoms with E-state index in [1.54, 1.807) is 0 Å². The minimum Gasteiger partial charge on any atom is -0.306 e. The van der Waals surface area contributed by atoms with Crippen LogP contribution in [0.1, 0.15) is 0 Å². The molecular weight excluding hydrogens is 219 g/mol. The summed E-state index contributed by atoms with van der Waals surface area (Å²) >= 11 is 5.81. The zero-order valence-corrected chi connectivity index (χ0v) is 8.25. The normalized spacial score (nSPS) is 10.3. The van der Waals surface area contributed by atoms with E-state index < -0.39 is 5.82 Å². The zero-order chi connectivity index (χ0) is 10.8. The van der Waals surface area contributed by atoms with Crippen LogP contribution in [0.15, 0.2) is 35.3 Å². The number of rotatable bonds is 1. The molecule has 2 aromatic rings. The van der Waals surface area contributed by atoms with Crippen LogP contribution in [0.25, 0.3) is 11.4 Å². The lowest BCUT2D eigenvalue weighted by molar-refractivity contribution is 0.628. The Kier molecular flexibility index (Phi) is 2.51. The van der Waals surface area contributed by atoms with Gasteiger partial charge in [-0.05, 0) is 18.2 Å². The van der Waals surface area contributed by atoms with Crippen LogP contribution in [0.3, 0.4) is 0 Å². The van der Waals surface area contributed by atoms with Crippen molar-refractivity contribution in [3.8, 4) is 11.4 Å². The molecule has 0 aliphatic heterocycles. The summed E-state index contributed by atoms with van der Waals surface area (Å²) in [6.45, 7) is 0. The van der Waals surface area contributed by atoms with Crippen molar-refractivity contribution in [2.45, 2.75) is 0 Å². The van der Waals surface area contributed by atoms with Crippen molar-refractivity contribution >= 4 is 11.6 Å². The summed E-state index contributed by atoms with van der Waals surface area (Å²) in [5.74, 6) is -0.102. The molecule has 3 nitrogen and oxygen atoms in total. The van der Waals surface area contributed by atoms with Gasteiger partial charge in [-0.15, -0.1) is 0 Å². The van der Waals surface area contributed by atoms with E-state index in [1.807, 2.05) is 0 Å². The Morgan fingerprint density at radius 2 is 2.13 bits per heavy atom. The lowest BCUT2D eigenvalue weighted by Gasteiger charge is -2.02. The Hall–Kier alpha value is -1.68. The van der Waals surface area contributed by atoms with Gasteiger partial charge in [0.25, 0.3) is 5.56 Å². The molecule has 1 heterocycles. The molecule has 5 heteroatoms. The first-order valence-electron chi connectivity index (χ1n) is 4.17. The average Bonchev–Trinajstić information content (AvgIpc) is 2.17. The van der Waals surface area contributed by atoms with E-state index in [4.69, 9.17) is 11.6 Å². The molecule has 0 aliphatic carbocycles. The molecule has 2 rings (SSSR count). The molecule has 0 saturated heterocycles. The third-order valence-corrected chi connectivity index (χ3v) is 2.17. The lowest BCUT2D eigenvalue weighted by Crippen LogP contribution is -2.06. The van der Waals surface area contributed by atoms with Crippen LogP contribution >= 0.6 is 11.6 Å². The molecule has 1 N–H and O–H groups in total. The van der Waals surface area contributed by atoms with Crippen molar-refractivity contribution in [3.63, 3.8) is 0 Å². The summed E-state index contributed by atoms with van der Waals surface area (Å²) in [6, 6.07) is 5.19. The summed E-state index contributed by atoms with van der Waals surface area (Å²) < 4.78 is 12.8. The summed E-state index contributed by atoms with van der Waals surface area (Å²) in [5, 5.41) is 0.212. The largest absolute Gasteiger partial charge is 0.306 e. The fraction of sp³-hybridized carbons (Fsp3) is 0. The van der Waals surface area contributed by atoms with Crippen LogP contribution in [-0.4, -0.2) is 9.97 Å². The van der Waals surface area contributed by atoms with Crippen LogP contribution in [0, 0.1) is 5.82 Å². The molecular formula is C10H6ClFN2O. The van der Waals surface area contributed by atoms with Gasteiger partial charge in [-0.1, -0.05) is 11.6 Å². The number of aromatic amines is 1. The minimum absolute atomic E-state index is 0.212. The van der Waals surface area contributed by atoms with E-state index in [0.29, 0.717) is 11.4 Å². The Bertz CT molecular complexity index is 553. The number of hydrogen-bond acceptors (Lipinski definition) is 2. The quantitative estimate of drug-likeness (QED) is 0.808. The SMILES string of the molecule is O=c1ccnc(-c2ccc(F)cc2Cl)[nH]1. The molecule has 0 amide bonds. The first-order chi connectivity index (χ1) is 7.16. The van der Waals surface area contributed by atoms with Gasteiger partial charge in [-0.3, -0.25) is 4.79 Å². The van der Waals surface area contributed by atoms with Gasteiger partial charge in [0.15, 0.2) is 0 Å².